The molecular weight excluding hydrogens is 216 g/mol. The van der Waals surface area contributed by atoms with Gasteiger partial charge in [-0.3, -0.25) is 4.79 Å². The average Bonchev–Trinajstić information content (AvgIpc) is 2.46. The zero-order valence-corrected chi connectivity index (χ0v) is 8.83. The minimum atomic E-state index is -3.16. The molecule has 0 spiro atoms. The second-order valence-corrected chi connectivity index (χ2v) is 5.22. The van der Waals surface area contributed by atoms with Crippen molar-refractivity contribution >= 4 is 15.7 Å². The van der Waals surface area contributed by atoms with Crippen LogP contribution in [0.3, 0.4) is 0 Å². The lowest BCUT2D eigenvalue weighted by molar-refractivity contribution is -0.122. The zero-order chi connectivity index (χ0) is 11.5. The van der Waals surface area contributed by atoms with Gasteiger partial charge in [-0.2, -0.15) is 0 Å². The molecule has 1 rings (SSSR count). The summed E-state index contributed by atoms with van der Waals surface area (Å²) in [7, 11) is -3.16. The Morgan fingerprint density at radius 1 is 1.73 bits per heavy atom. The van der Waals surface area contributed by atoms with Crippen LogP contribution in [-0.4, -0.2) is 32.2 Å². The lowest BCUT2D eigenvalue weighted by atomic mass is 10.2. The molecule has 0 radical (unpaired) electrons. The van der Waals surface area contributed by atoms with Crippen molar-refractivity contribution in [3.63, 3.8) is 0 Å². The van der Waals surface area contributed by atoms with E-state index in [9.17, 15) is 13.2 Å². The summed E-state index contributed by atoms with van der Waals surface area (Å²) in [5.74, 6) is 1.73. The summed E-state index contributed by atoms with van der Waals surface area (Å²) in [6, 6.07) is -1.28. The van der Waals surface area contributed by atoms with Crippen LogP contribution in [0.2, 0.25) is 0 Å². The van der Waals surface area contributed by atoms with Gasteiger partial charge < -0.3 is 11.1 Å². The third-order valence-corrected chi connectivity index (χ3v) is 3.33. The molecule has 2 unspecified atom stereocenters. The van der Waals surface area contributed by atoms with Crippen LogP contribution in [0, 0.1) is 12.3 Å². The van der Waals surface area contributed by atoms with Gasteiger partial charge >= 0.3 is 0 Å². The number of carbonyl (C=O) groups excluding carboxylic acids is 1. The van der Waals surface area contributed by atoms with Crippen molar-refractivity contribution in [2.24, 2.45) is 5.73 Å². The summed E-state index contributed by atoms with van der Waals surface area (Å²) < 4.78 is 22.0. The van der Waals surface area contributed by atoms with E-state index in [1.165, 1.54) is 6.08 Å². The van der Waals surface area contributed by atoms with E-state index in [0.717, 1.165) is 5.41 Å². The van der Waals surface area contributed by atoms with Crippen molar-refractivity contribution in [3.05, 3.63) is 11.5 Å². The maximum absolute atomic E-state index is 11.3. The van der Waals surface area contributed by atoms with Crippen LogP contribution < -0.4 is 11.1 Å². The first kappa shape index (κ1) is 11.8. The number of rotatable bonds is 3. The molecule has 2 atom stereocenters. The lowest BCUT2D eigenvalue weighted by Crippen LogP contribution is -2.45. The molecule has 82 valence electrons. The molecule has 0 aromatic carbocycles. The van der Waals surface area contributed by atoms with Gasteiger partial charge in [0.2, 0.25) is 5.91 Å². The van der Waals surface area contributed by atoms with Crippen LogP contribution in [0.1, 0.15) is 6.42 Å². The fraction of sp³-hybridized carbons (Fsp3) is 0.444. The molecule has 0 fully saturated rings. The summed E-state index contributed by atoms with van der Waals surface area (Å²) >= 11 is 0. The predicted molar refractivity (Wildman–Crippen MR) is 56.3 cm³/mol. The highest BCUT2D eigenvalue weighted by atomic mass is 32.2. The normalized spacial score (nSPS) is 24.4. The molecule has 0 aromatic rings. The Labute approximate surface area is 88.6 Å². The summed E-state index contributed by atoms with van der Waals surface area (Å²) in [5.41, 5.74) is 5.45. The molecule has 0 saturated carbocycles. The number of carbonyl (C=O) groups is 1. The molecular formula is C9H12N2O3S. The fourth-order valence-electron chi connectivity index (χ4n) is 1.18. The molecule has 6 heteroatoms. The average molecular weight is 228 g/mol. The number of sulfone groups is 1. The lowest BCUT2D eigenvalue weighted by Gasteiger charge is -2.13. The zero-order valence-electron chi connectivity index (χ0n) is 8.01. The number of nitrogens with one attached hydrogen (secondary N) is 1. The summed E-state index contributed by atoms with van der Waals surface area (Å²) in [6.07, 6.45) is 6.56. The quantitative estimate of drug-likeness (QED) is 0.591. The molecule has 1 aliphatic heterocycles. The Balaban J connectivity index is 2.49. The molecule has 1 heterocycles. The molecule has 0 saturated heterocycles. The van der Waals surface area contributed by atoms with Crippen LogP contribution in [0.4, 0.5) is 0 Å². The first-order chi connectivity index (χ1) is 6.94. The van der Waals surface area contributed by atoms with Crippen LogP contribution in [0.25, 0.3) is 0 Å². The van der Waals surface area contributed by atoms with Crippen molar-refractivity contribution in [1.29, 1.82) is 0 Å². The maximum Gasteiger partial charge on any atom is 0.238 e. The Bertz CT molecular complexity index is 419. The number of amides is 1. The molecule has 0 bridgehead atoms. The van der Waals surface area contributed by atoms with Gasteiger partial charge in [0.15, 0.2) is 9.84 Å². The van der Waals surface area contributed by atoms with Gasteiger partial charge in [0.1, 0.15) is 0 Å². The maximum atomic E-state index is 11.3. The molecule has 1 aliphatic rings. The van der Waals surface area contributed by atoms with Crippen molar-refractivity contribution < 1.29 is 13.2 Å². The van der Waals surface area contributed by atoms with Crippen LogP contribution >= 0.6 is 0 Å². The first-order valence-corrected chi connectivity index (χ1v) is 6.06. The van der Waals surface area contributed by atoms with E-state index in [1.807, 2.05) is 0 Å². The highest BCUT2D eigenvalue weighted by Crippen LogP contribution is 2.07. The molecule has 0 aromatic heterocycles. The van der Waals surface area contributed by atoms with E-state index in [0.29, 0.717) is 0 Å². The Morgan fingerprint density at radius 2 is 2.40 bits per heavy atom. The van der Waals surface area contributed by atoms with Crippen LogP contribution in [-0.2, 0) is 14.6 Å². The highest BCUT2D eigenvalue weighted by molar-refractivity contribution is 7.94. The predicted octanol–water partition coefficient (Wildman–Crippen LogP) is -1.24. The van der Waals surface area contributed by atoms with E-state index in [4.69, 9.17) is 12.2 Å². The first-order valence-electron chi connectivity index (χ1n) is 4.35. The van der Waals surface area contributed by atoms with Gasteiger partial charge in [-0.1, -0.05) is 0 Å². The minimum Gasteiger partial charge on any atom is -0.347 e. The second-order valence-electron chi connectivity index (χ2n) is 3.29. The third-order valence-electron chi connectivity index (χ3n) is 1.93. The van der Waals surface area contributed by atoms with Gasteiger partial charge in [0.05, 0.1) is 17.8 Å². The van der Waals surface area contributed by atoms with E-state index in [-0.39, 0.29) is 12.2 Å². The number of terminal acetylenes is 1. The van der Waals surface area contributed by atoms with Gasteiger partial charge in [0.25, 0.3) is 0 Å². The van der Waals surface area contributed by atoms with Gasteiger partial charge in [0, 0.05) is 11.8 Å². The second kappa shape index (κ2) is 4.47. The van der Waals surface area contributed by atoms with Crippen molar-refractivity contribution in [1.82, 2.24) is 5.32 Å². The summed E-state index contributed by atoms with van der Waals surface area (Å²) in [4.78, 5) is 11.3. The van der Waals surface area contributed by atoms with Gasteiger partial charge in [-0.05, 0) is 6.08 Å². The highest BCUT2D eigenvalue weighted by Gasteiger charge is 2.24. The van der Waals surface area contributed by atoms with E-state index < -0.39 is 27.8 Å². The fourth-order valence-corrected chi connectivity index (χ4v) is 2.41. The topological polar surface area (TPSA) is 89.3 Å². The summed E-state index contributed by atoms with van der Waals surface area (Å²) in [5, 5.41) is 3.58. The Morgan fingerprint density at radius 3 is 2.87 bits per heavy atom. The monoisotopic (exact) mass is 228 g/mol. The van der Waals surface area contributed by atoms with Crippen LogP contribution in [0.15, 0.2) is 11.5 Å². The summed E-state index contributed by atoms with van der Waals surface area (Å²) in [6.45, 7) is 0. The van der Waals surface area contributed by atoms with Crippen molar-refractivity contribution in [3.8, 4) is 12.3 Å². The molecule has 0 aliphatic carbocycles. The number of nitrogens with two attached hydrogens (primary N) is 1. The largest absolute Gasteiger partial charge is 0.347 e. The number of hydrogen-bond donors (Lipinski definition) is 2. The van der Waals surface area contributed by atoms with Gasteiger partial charge in [-0.25, -0.2) is 8.42 Å². The Hall–Kier alpha value is -1.32. The Kier molecular flexibility index (Phi) is 3.50. The molecule has 5 nitrogen and oxygen atoms in total. The van der Waals surface area contributed by atoms with Crippen LogP contribution in [0.5, 0.6) is 0 Å². The standard InChI is InChI=1S/C9H12N2O3S/c1-2-3-8(10)9(12)11-7-4-5-15(13,14)6-7/h1,4-5,7-8H,3,6,10H2,(H,11,12). The van der Waals surface area contributed by atoms with E-state index in [2.05, 4.69) is 11.2 Å². The van der Waals surface area contributed by atoms with Crippen molar-refractivity contribution in [2.45, 2.75) is 18.5 Å². The molecule has 1 amide bonds. The van der Waals surface area contributed by atoms with E-state index >= 15 is 0 Å². The minimum absolute atomic E-state index is 0.110. The van der Waals surface area contributed by atoms with Gasteiger partial charge in [-0.15, -0.1) is 12.3 Å². The van der Waals surface area contributed by atoms with Crippen molar-refractivity contribution in [2.75, 3.05) is 5.75 Å². The molecule has 3 N–H and O–H groups in total. The SMILES string of the molecule is C#CCC(N)C(=O)NC1C=CS(=O)(=O)C1. The van der Waals surface area contributed by atoms with E-state index in [1.54, 1.807) is 0 Å². The smallest absolute Gasteiger partial charge is 0.238 e. The molecule has 15 heavy (non-hydrogen) atoms. The third kappa shape index (κ3) is 3.38. The number of hydrogen-bond acceptors (Lipinski definition) is 4.